The maximum atomic E-state index is 10.9. The fourth-order valence-electron chi connectivity index (χ4n) is 2.37. The highest BCUT2D eigenvalue weighted by Gasteiger charge is 2.11. The van der Waals surface area contributed by atoms with Gasteiger partial charge in [-0.25, -0.2) is 4.68 Å². The van der Waals surface area contributed by atoms with Gasteiger partial charge in [0.15, 0.2) is 0 Å². The number of non-ortho nitro benzene ring substituents is 1. The summed E-state index contributed by atoms with van der Waals surface area (Å²) in [7, 11) is 0. The molecule has 25 heavy (non-hydrogen) atoms. The molecule has 2 heterocycles. The number of aromatic nitrogens is 7. The molecule has 0 atom stereocenters. The number of nitro benzene ring substituents is 1. The molecule has 2 aromatic heterocycles. The first-order valence-corrected chi connectivity index (χ1v) is 7.22. The van der Waals surface area contributed by atoms with E-state index in [-0.39, 0.29) is 5.69 Å². The van der Waals surface area contributed by atoms with Gasteiger partial charge >= 0.3 is 0 Å². The Balaban J connectivity index is 1.69. The lowest BCUT2D eigenvalue weighted by molar-refractivity contribution is -0.384. The molecular weight excluding hydrogens is 324 g/mol. The minimum absolute atomic E-state index is 0.00588. The Morgan fingerprint density at radius 1 is 1.04 bits per heavy atom. The Morgan fingerprint density at radius 3 is 2.68 bits per heavy atom. The monoisotopic (exact) mass is 334 g/mol. The van der Waals surface area contributed by atoms with Crippen molar-refractivity contribution in [3.8, 4) is 28.3 Å². The van der Waals surface area contributed by atoms with Gasteiger partial charge in [0.25, 0.3) is 5.69 Å². The van der Waals surface area contributed by atoms with E-state index in [2.05, 4.69) is 30.9 Å². The molecule has 4 rings (SSSR count). The molecule has 0 saturated carbocycles. The predicted molar refractivity (Wildman–Crippen MR) is 86.6 cm³/mol. The third-order valence-electron chi connectivity index (χ3n) is 3.56. The molecule has 1 N–H and O–H groups in total. The molecule has 0 unspecified atom stereocenters. The van der Waals surface area contributed by atoms with Gasteiger partial charge in [-0.05, 0) is 17.3 Å². The molecule has 0 fully saturated rings. The van der Waals surface area contributed by atoms with Crippen LogP contribution in [0.2, 0.25) is 0 Å². The summed E-state index contributed by atoms with van der Waals surface area (Å²) in [6, 6.07) is 13.7. The number of nitrogens with zero attached hydrogens (tertiary/aromatic N) is 7. The molecule has 0 bridgehead atoms. The van der Waals surface area contributed by atoms with Crippen LogP contribution in [0.4, 0.5) is 5.69 Å². The van der Waals surface area contributed by atoms with Crippen LogP contribution in [0, 0.1) is 10.1 Å². The van der Waals surface area contributed by atoms with Gasteiger partial charge in [-0.3, -0.25) is 10.1 Å². The zero-order chi connectivity index (χ0) is 17.2. The molecule has 0 saturated heterocycles. The van der Waals surface area contributed by atoms with Gasteiger partial charge in [0.05, 0.1) is 16.8 Å². The third-order valence-corrected chi connectivity index (χ3v) is 3.56. The van der Waals surface area contributed by atoms with Gasteiger partial charge in [0.1, 0.15) is 5.69 Å². The fraction of sp³-hybridized carbons (Fsp3) is 0. The first-order valence-electron chi connectivity index (χ1n) is 7.22. The van der Waals surface area contributed by atoms with E-state index in [1.54, 1.807) is 18.3 Å². The van der Waals surface area contributed by atoms with Crippen LogP contribution in [0.5, 0.6) is 0 Å². The average Bonchev–Trinajstić information content (AvgIpc) is 3.34. The quantitative estimate of drug-likeness (QED) is 0.446. The van der Waals surface area contributed by atoms with E-state index < -0.39 is 4.92 Å². The standard InChI is InChI=1S/C15H10N8O2/c24-23(25)13-6-2-5-12(8-13)22-9-14(16-21-22)10-3-1-4-11(7-10)15-17-19-20-18-15/h1-9H,(H,17,18,19,20). The van der Waals surface area contributed by atoms with Gasteiger partial charge in [-0.2, -0.15) is 5.21 Å². The second-order valence-electron chi connectivity index (χ2n) is 5.14. The molecule has 10 heteroatoms. The molecule has 10 nitrogen and oxygen atoms in total. The molecule has 2 aromatic carbocycles. The lowest BCUT2D eigenvalue weighted by atomic mass is 10.1. The van der Waals surface area contributed by atoms with E-state index in [0.29, 0.717) is 17.2 Å². The first kappa shape index (κ1) is 14.6. The summed E-state index contributed by atoms with van der Waals surface area (Å²) in [5, 5.41) is 32.9. The van der Waals surface area contributed by atoms with Crippen molar-refractivity contribution in [2.24, 2.45) is 0 Å². The highest BCUT2D eigenvalue weighted by molar-refractivity contribution is 5.67. The molecule has 0 aliphatic heterocycles. The molecule has 4 aromatic rings. The molecule has 0 aliphatic rings. The maximum Gasteiger partial charge on any atom is 0.271 e. The van der Waals surface area contributed by atoms with Crippen LogP contribution in [0.3, 0.4) is 0 Å². The number of nitrogens with one attached hydrogen (secondary N) is 1. The van der Waals surface area contributed by atoms with Crippen LogP contribution >= 0.6 is 0 Å². The SMILES string of the molecule is O=[N+]([O-])c1cccc(-n2cc(-c3cccc(-c4nn[nH]n4)c3)nn2)c1. The molecule has 122 valence electrons. The van der Waals surface area contributed by atoms with E-state index in [4.69, 9.17) is 0 Å². The normalized spacial score (nSPS) is 10.7. The van der Waals surface area contributed by atoms with Crippen LogP contribution in [0.15, 0.2) is 54.7 Å². The van der Waals surface area contributed by atoms with Crippen molar-refractivity contribution < 1.29 is 4.92 Å². The van der Waals surface area contributed by atoms with Gasteiger partial charge in [-0.15, -0.1) is 15.3 Å². The van der Waals surface area contributed by atoms with Crippen LogP contribution in [-0.4, -0.2) is 40.5 Å². The van der Waals surface area contributed by atoms with Crippen molar-refractivity contribution in [2.45, 2.75) is 0 Å². The zero-order valence-electron chi connectivity index (χ0n) is 12.6. The molecule has 0 aliphatic carbocycles. The minimum Gasteiger partial charge on any atom is -0.258 e. The Hall–Kier alpha value is -3.95. The summed E-state index contributed by atoms with van der Waals surface area (Å²) >= 11 is 0. The Labute approximate surface area is 140 Å². The zero-order valence-corrected chi connectivity index (χ0v) is 12.6. The number of rotatable bonds is 4. The first-order chi connectivity index (χ1) is 12.2. The van der Waals surface area contributed by atoms with Gasteiger partial charge < -0.3 is 0 Å². The Kier molecular flexibility index (Phi) is 3.47. The highest BCUT2D eigenvalue weighted by Crippen LogP contribution is 2.23. The second-order valence-corrected chi connectivity index (χ2v) is 5.14. The van der Waals surface area contributed by atoms with E-state index in [1.807, 2.05) is 24.3 Å². The summed E-state index contributed by atoms with van der Waals surface area (Å²) in [4.78, 5) is 10.5. The topological polar surface area (TPSA) is 128 Å². The largest absolute Gasteiger partial charge is 0.271 e. The van der Waals surface area contributed by atoms with E-state index >= 15 is 0 Å². The van der Waals surface area contributed by atoms with Crippen LogP contribution in [0.25, 0.3) is 28.3 Å². The molecular formula is C15H10N8O2. The molecule has 0 radical (unpaired) electrons. The summed E-state index contributed by atoms with van der Waals surface area (Å²) in [6.45, 7) is 0. The summed E-state index contributed by atoms with van der Waals surface area (Å²) in [6.07, 6.45) is 1.70. The summed E-state index contributed by atoms with van der Waals surface area (Å²) in [5.74, 6) is 0.480. The van der Waals surface area contributed by atoms with Crippen molar-refractivity contribution >= 4 is 5.69 Å². The lowest BCUT2D eigenvalue weighted by Gasteiger charge is -2.00. The Bertz CT molecular complexity index is 1040. The van der Waals surface area contributed by atoms with E-state index in [9.17, 15) is 10.1 Å². The van der Waals surface area contributed by atoms with Crippen LogP contribution in [0.1, 0.15) is 0 Å². The van der Waals surface area contributed by atoms with Crippen LogP contribution in [-0.2, 0) is 0 Å². The summed E-state index contributed by atoms with van der Waals surface area (Å²) < 4.78 is 1.49. The van der Waals surface area contributed by atoms with Crippen molar-refractivity contribution in [2.75, 3.05) is 0 Å². The van der Waals surface area contributed by atoms with Gasteiger partial charge in [0, 0.05) is 23.3 Å². The smallest absolute Gasteiger partial charge is 0.258 e. The number of nitro groups is 1. The van der Waals surface area contributed by atoms with Crippen molar-refractivity contribution in [1.82, 2.24) is 35.6 Å². The van der Waals surface area contributed by atoms with E-state index in [1.165, 1.54) is 16.8 Å². The number of hydrogen-bond acceptors (Lipinski definition) is 7. The number of H-pyrrole nitrogens is 1. The van der Waals surface area contributed by atoms with Crippen molar-refractivity contribution in [3.63, 3.8) is 0 Å². The minimum atomic E-state index is -0.449. The Morgan fingerprint density at radius 2 is 1.88 bits per heavy atom. The second kappa shape index (κ2) is 5.92. The summed E-state index contributed by atoms with van der Waals surface area (Å²) in [5.41, 5.74) is 2.78. The van der Waals surface area contributed by atoms with Gasteiger partial charge in [-0.1, -0.05) is 29.5 Å². The van der Waals surface area contributed by atoms with Gasteiger partial charge in [0.2, 0.25) is 5.82 Å². The number of tetrazole rings is 1. The third kappa shape index (κ3) is 2.83. The van der Waals surface area contributed by atoms with Crippen LogP contribution < -0.4 is 0 Å². The number of aromatic amines is 1. The molecule has 0 spiro atoms. The maximum absolute atomic E-state index is 10.9. The average molecular weight is 334 g/mol. The molecule has 0 amide bonds. The fourth-order valence-corrected chi connectivity index (χ4v) is 2.37. The number of hydrogen-bond donors (Lipinski definition) is 1. The van der Waals surface area contributed by atoms with Crippen molar-refractivity contribution in [1.29, 1.82) is 0 Å². The van der Waals surface area contributed by atoms with Crippen molar-refractivity contribution in [3.05, 3.63) is 64.8 Å². The lowest BCUT2D eigenvalue weighted by Crippen LogP contribution is -1.96. The number of benzene rings is 2. The predicted octanol–water partition coefficient (Wildman–Crippen LogP) is 2.02. The highest BCUT2D eigenvalue weighted by atomic mass is 16.6. The van der Waals surface area contributed by atoms with E-state index in [0.717, 1.165) is 11.1 Å².